The summed E-state index contributed by atoms with van der Waals surface area (Å²) in [5, 5.41) is 3.19. The summed E-state index contributed by atoms with van der Waals surface area (Å²) in [6.07, 6.45) is 2.30. The van der Waals surface area contributed by atoms with Crippen molar-refractivity contribution in [3.05, 3.63) is 24.3 Å². The largest absolute Gasteiger partial charge is 0.378 e. The Balaban J connectivity index is 1.89. The lowest BCUT2D eigenvalue weighted by Crippen LogP contribution is -2.33. The Bertz CT molecular complexity index is 427. The number of benzene rings is 1. The molecule has 98 valence electrons. The normalized spacial score (nSPS) is 14.2. The summed E-state index contributed by atoms with van der Waals surface area (Å²) in [4.78, 5) is 15.8. The van der Waals surface area contributed by atoms with Gasteiger partial charge < -0.3 is 15.1 Å². The molecule has 18 heavy (non-hydrogen) atoms. The topological polar surface area (TPSA) is 35.6 Å². The second-order valence-electron chi connectivity index (χ2n) is 5.03. The monoisotopic (exact) mass is 247 g/mol. The van der Waals surface area contributed by atoms with E-state index in [4.69, 9.17) is 0 Å². The summed E-state index contributed by atoms with van der Waals surface area (Å²) in [6.45, 7) is 0.365. The number of amides is 1. The van der Waals surface area contributed by atoms with Crippen LogP contribution in [-0.4, -0.2) is 44.5 Å². The van der Waals surface area contributed by atoms with Gasteiger partial charge in [0, 0.05) is 38.6 Å². The second kappa shape index (κ2) is 5.29. The van der Waals surface area contributed by atoms with E-state index >= 15 is 0 Å². The molecule has 1 N–H and O–H groups in total. The van der Waals surface area contributed by atoms with Crippen molar-refractivity contribution in [3.63, 3.8) is 0 Å². The van der Waals surface area contributed by atoms with Crippen molar-refractivity contribution >= 4 is 17.3 Å². The van der Waals surface area contributed by atoms with Gasteiger partial charge in [-0.15, -0.1) is 0 Å². The maximum Gasteiger partial charge on any atom is 0.241 e. The molecule has 0 radical (unpaired) electrons. The second-order valence-corrected chi connectivity index (χ2v) is 5.03. The smallest absolute Gasteiger partial charge is 0.241 e. The molecule has 4 heteroatoms. The fraction of sp³-hybridized carbons (Fsp3) is 0.500. The predicted molar refractivity (Wildman–Crippen MR) is 75.1 cm³/mol. The van der Waals surface area contributed by atoms with E-state index in [1.165, 1.54) is 0 Å². The molecule has 0 saturated heterocycles. The van der Waals surface area contributed by atoms with Gasteiger partial charge in [-0.25, -0.2) is 0 Å². The van der Waals surface area contributed by atoms with E-state index in [-0.39, 0.29) is 5.91 Å². The van der Waals surface area contributed by atoms with Crippen LogP contribution in [0.4, 0.5) is 11.4 Å². The van der Waals surface area contributed by atoms with Crippen LogP contribution in [0.15, 0.2) is 24.3 Å². The summed E-state index contributed by atoms with van der Waals surface area (Å²) in [6, 6.07) is 8.55. The molecule has 1 saturated carbocycles. The van der Waals surface area contributed by atoms with Crippen LogP contribution in [0.3, 0.4) is 0 Å². The number of nitrogens with one attached hydrogen (secondary N) is 1. The quantitative estimate of drug-likeness (QED) is 0.861. The number of carbonyl (C=O) groups excluding carboxylic acids is 1. The lowest BCUT2D eigenvalue weighted by Gasteiger charge is -2.18. The fourth-order valence-electron chi connectivity index (χ4n) is 1.86. The first kappa shape index (κ1) is 12.7. The molecule has 1 aromatic carbocycles. The molecule has 0 atom stereocenters. The third-order valence-corrected chi connectivity index (χ3v) is 3.29. The van der Waals surface area contributed by atoms with Crippen molar-refractivity contribution in [2.24, 2.45) is 0 Å². The fourth-order valence-corrected chi connectivity index (χ4v) is 1.86. The first-order valence-corrected chi connectivity index (χ1v) is 6.35. The Morgan fingerprint density at radius 1 is 1.33 bits per heavy atom. The summed E-state index contributed by atoms with van der Waals surface area (Å²) in [5.74, 6) is 0.160. The first-order chi connectivity index (χ1) is 8.58. The Morgan fingerprint density at radius 3 is 2.67 bits per heavy atom. The van der Waals surface area contributed by atoms with Crippen molar-refractivity contribution in [2.75, 3.05) is 37.9 Å². The number of hydrogen-bond donors (Lipinski definition) is 1. The molecule has 1 aliphatic rings. The Morgan fingerprint density at radius 2 is 2.06 bits per heavy atom. The lowest BCUT2D eigenvalue weighted by molar-refractivity contribution is -0.128. The van der Waals surface area contributed by atoms with Crippen molar-refractivity contribution in [3.8, 4) is 0 Å². The minimum Gasteiger partial charge on any atom is -0.378 e. The van der Waals surface area contributed by atoms with Gasteiger partial charge in [-0.2, -0.15) is 0 Å². The molecule has 0 bridgehead atoms. The van der Waals surface area contributed by atoms with Gasteiger partial charge in [-0.05, 0) is 31.0 Å². The first-order valence-electron chi connectivity index (χ1n) is 6.35. The molecule has 0 aliphatic heterocycles. The van der Waals surface area contributed by atoms with Crippen LogP contribution in [0.1, 0.15) is 12.8 Å². The van der Waals surface area contributed by atoms with E-state index < -0.39 is 0 Å². The number of hydrogen-bond acceptors (Lipinski definition) is 3. The molecule has 0 unspecified atom stereocenters. The van der Waals surface area contributed by atoms with Crippen LogP contribution < -0.4 is 10.2 Å². The molecule has 0 heterocycles. The van der Waals surface area contributed by atoms with Gasteiger partial charge in [-0.1, -0.05) is 6.07 Å². The third-order valence-electron chi connectivity index (χ3n) is 3.29. The highest BCUT2D eigenvalue weighted by Crippen LogP contribution is 2.25. The van der Waals surface area contributed by atoms with E-state index in [0.717, 1.165) is 24.2 Å². The highest BCUT2D eigenvalue weighted by Gasteiger charge is 2.29. The predicted octanol–water partition coefficient (Wildman–Crippen LogP) is 1.79. The number of nitrogens with zero attached hydrogens (tertiary/aromatic N) is 2. The Kier molecular flexibility index (Phi) is 3.75. The minimum atomic E-state index is 0.160. The maximum atomic E-state index is 11.9. The van der Waals surface area contributed by atoms with Crippen molar-refractivity contribution in [1.82, 2.24) is 4.90 Å². The Labute approximate surface area is 109 Å². The van der Waals surface area contributed by atoms with E-state index in [1.807, 2.05) is 55.2 Å². The molecule has 1 aromatic rings. The zero-order chi connectivity index (χ0) is 13.1. The van der Waals surface area contributed by atoms with Gasteiger partial charge in [0.15, 0.2) is 0 Å². The van der Waals surface area contributed by atoms with E-state index in [9.17, 15) is 4.79 Å². The van der Waals surface area contributed by atoms with E-state index in [2.05, 4.69) is 5.32 Å². The SMILES string of the molecule is CN(C)c1cccc(NCC(=O)N(C)C2CC2)c1. The average Bonchev–Trinajstić information content (AvgIpc) is 3.19. The molecule has 1 amide bonds. The molecular weight excluding hydrogens is 226 g/mol. The third kappa shape index (κ3) is 3.15. The van der Waals surface area contributed by atoms with E-state index in [0.29, 0.717) is 12.6 Å². The number of likely N-dealkylation sites (N-methyl/N-ethyl adjacent to an activating group) is 1. The van der Waals surface area contributed by atoms with E-state index in [1.54, 1.807) is 0 Å². The molecular formula is C14H21N3O. The summed E-state index contributed by atoms with van der Waals surface area (Å²) >= 11 is 0. The van der Waals surface area contributed by atoms with Gasteiger partial charge in [-0.3, -0.25) is 4.79 Å². The van der Waals surface area contributed by atoms with Crippen LogP contribution in [0.2, 0.25) is 0 Å². The summed E-state index contributed by atoms with van der Waals surface area (Å²) < 4.78 is 0. The average molecular weight is 247 g/mol. The molecule has 1 aliphatic carbocycles. The van der Waals surface area contributed by atoms with Crippen molar-refractivity contribution in [2.45, 2.75) is 18.9 Å². The van der Waals surface area contributed by atoms with Crippen molar-refractivity contribution < 1.29 is 4.79 Å². The Hall–Kier alpha value is -1.71. The summed E-state index contributed by atoms with van der Waals surface area (Å²) in [5.41, 5.74) is 2.11. The summed E-state index contributed by atoms with van der Waals surface area (Å²) in [7, 11) is 5.90. The van der Waals surface area contributed by atoms with Gasteiger partial charge in [0.2, 0.25) is 5.91 Å². The highest BCUT2D eigenvalue weighted by molar-refractivity contribution is 5.81. The van der Waals surface area contributed by atoms with Crippen LogP contribution in [0.25, 0.3) is 0 Å². The minimum absolute atomic E-state index is 0.160. The number of anilines is 2. The molecule has 0 aromatic heterocycles. The van der Waals surface area contributed by atoms with Crippen molar-refractivity contribution in [1.29, 1.82) is 0 Å². The number of rotatable bonds is 5. The molecule has 0 spiro atoms. The zero-order valence-electron chi connectivity index (χ0n) is 11.3. The van der Waals surface area contributed by atoms with Gasteiger partial charge in [0.25, 0.3) is 0 Å². The number of carbonyl (C=O) groups is 1. The van der Waals surface area contributed by atoms with Crippen LogP contribution in [-0.2, 0) is 4.79 Å². The van der Waals surface area contributed by atoms with Gasteiger partial charge in [0.1, 0.15) is 0 Å². The molecule has 2 rings (SSSR count). The van der Waals surface area contributed by atoms with Gasteiger partial charge >= 0.3 is 0 Å². The lowest BCUT2D eigenvalue weighted by atomic mass is 10.2. The molecule has 4 nitrogen and oxygen atoms in total. The van der Waals surface area contributed by atoms with Gasteiger partial charge in [0.05, 0.1) is 6.54 Å². The zero-order valence-corrected chi connectivity index (χ0v) is 11.3. The molecule has 1 fully saturated rings. The van der Waals surface area contributed by atoms with Crippen LogP contribution >= 0.6 is 0 Å². The standard InChI is InChI=1S/C14H21N3O/c1-16(2)13-6-4-5-11(9-13)15-10-14(18)17(3)12-7-8-12/h4-6,9,12,15H,7-8,10H2,1-3H3. The van der Waals surface area contributed by atoms with Crippen LogP contribution in [0.5, 0.6) is 0 Å². The maximum absolute atomic E-state index is 11.9. The highest BCUT2D eigenvalue weighted by atomic mass is 16.2. The van der Waals surface area contributed by atoms with Crippen LogP contribution in [0, 0.1) is 0 Å².